The lowest BCUT2D eigenvalue weighted by Crippen LogP contribution is -2.50. The lowest BCUT2D eigenvalue weighted by atomic mass is 10.0. The zero-order valence-electron chi connectivity index (χ0n) is 8.32. The van der Waals surface area contributed by atoms with Crippen molar-refractivity contribution >= 4 is 11.9 Å². The van der Waals surface area contributed by atoms with Gasteiger partial charge in [-0.3, -0.25) is 14.5 Å². The highest BCUT2D eigenvalue weighted by molar-refractivity contribution is 5.82. The normalized spacial score (nSPS) is 23.1. The van der Waals surface area contributed by atoms with Gasteiger partial charge < -0.3 is 10.4 Å². The SMILES string of the molecule is CNC(=O)C1CCCCN1CC(=O)O. The first-order chi connectivity index (χ1) is 6.65. The zero-order chi connectivity index (χ0) is 10.6. The van der Waals surface area contributed by atoms with Gasteiger partial charge in [0.1, 0.15) is 0 Å². The fourth-order valence-electron chi connectivity index (χ4n) is 1.82. The Labute approximate surface area is 83.1 Å². The second-order valence-electron chi connectivity index (χ2n) is 3.49. The van der Waals surface area contributed by atoms with Crippen LogP contribution in [0.15, 0.2) is 0 Å². The number of piperidine rings is 1. The summed E-state index contributed by atoms with van der Waals surface area (Å²) in [5.74, 6) is -0.952. The van der Waals surface area contributed by atoms with Crippen LogP contribution in [0.3, 0.4) is 0 Å². The predicted octanol–water partition coefficient (Wildman–Crippen LogP) is -0.328. The van der Waals surface area contributed by atoms with Gasteiger partial charge in [-0.2, -0.15) is 0 Å². The standard InChI is InChI=1S/C9H16N2O3/c1-10-9(14)7-4-2-3-5-11(7)6-8(12)13/h7H,2-6H2,1H3,(H,10,14)(H,12,13). The number of likely N-dealkylation sites (N-methyl/N-ethyl adjacent to an activating group) is 1. The quantitative estimate of drug-likeness (QED) is 0.654. The van der Waals surface area contributed by atoms with Crippen LogP contribution in [-0.2, 0) is 9.59 Å². The second-order valence-corrected chi connectivity index (χ2v) is 3.49. The molecule has 14 heavy (non-hydrogen) atoms. The zero-order valence-corrected chi connectivity index (χ0v) is 8.32. The van der Waals surface area contributed by atoms with E-state index < -0.39 is 5.97 Å². The van der Waals surface area contributed by atoms with Crippen LogP contribution in [0.4, 0.5) is 0 Å². The van der Waals surface area contributed by atoms with Crippen LogP contribution in [0.2, 0.25) is 0 Å². The van der Waals surface area contributed by atoms with Crippen molar-refractivity contribution in [3.05, 3.63) is 0 Å². The van der Waals surface area contributed by atoms with E-state index in [-0.39, 0.29) is 18.5 Å². The predicted molar refractivity (Wildman–Crippen MR) is 50.9 cm³/mol. The second kappa shape index (κ2) is 4.95. The summed E-state index contributed by atoms with van der Waals surface area (Å²) in [5.41, 5.74) is 0. The number of carboxylic acids is 1. The average molecular weight is 200 g/mol. The first kappa shape index (κ1) is 11.0. The number of nitrogens with zero attached hydrogens (tertiary/aromatic N) is 1. The molecule has 0 spiro atoms. The van der Waals surface area contributed by atoms with Crippen LogP contribution in [0.1, 0.15) is 19.3 Å². The lowest BCUT2D eigenvalue weighted by molar-refractivity contribution is -0.140. The molecule has 80 valence electrons. The Bertz CT molecular complexity index is 230. The number of hydrogen-bond donors (Lipinski definition) is 2. The maximum atomic E-state index is 11.4. The number of amides is 1. The van der Waals surface area contributed by atoms with E-state index in [9.17, 15) is 9.59 Å². The van der Waals surface area contributed by atoms with Crippen LogP contribution in [-0.4, -0.2) is 48.1 Å². The lowest BCUT2D eigenvalue weighted by Gasteiger charge is -2.32. The maximum Gasteiger partial charge on any atom is 0.317 e. The molecule has 0 radical (unpaired) electrons. The van der Waals surface area contributed by atoms with E-state index in [4.69, 9.17) is 5.11 Å². The summed E-state index contributed by atoms with van der Waals surface area (Å²) in [6, 6.07) is -0.259. The fourth-order valence-corrected chi connectivity index (χ4v) is 1.82. The summed E-state index contributed by atoms with van der Waals surface area (Å²) >= 11 is 0. The van der Waals surface area contributed by atoms with Crippen LogP contribution >= 0.6 is 0 Å². The van der Waals surface area contributed by atoms with E-state index >= 15 is 0 Å². The van der Waals surface area contributed by atoms with Crippen LogP contribution in [0.5, 0.6) is 0 Å². The molecule has 1 saturated heterocycles. The number of likely N-dealkylation sites (tertiary alicyclic amines) is 1. The number of carbonyl (C=O) groups excluding carboxylic acids is 1. The van der Waals surface area contributed by atoms with E-state index in [2.05, 4.69) is 5.32 Å². The summed E-state index contributed by atoms with van der Waals surface area (Å²) in [6.07, 6.45) is 2.72. The molecule has 1 amide bonds. The first-order valence-corrected chi connectivity index (χ1v) is 4.82. The van der Waals surface area contributed by atoms with E-state index in [1.165, 1.54) is 0 Å². The Morgan fingerprint density at radius 3 is 2.79 bits per heavy atom. The van der Waals surface area contributed by atoms with Gasteiger partial charge in [0.25, 0.3) is 0 Å². The maximum absolute atomic E-state index is 11.4. The fraction of sp³-hybridized carbons (Fsp3) is 0.778. The van der Waals surface area contributed by atoms with Gasteiger partial charge in [0, 0.05) is 7.05 Å². The number of carbonyl (C=O) groups is 2. The molecule has 5 heteroatoms. The molecule has 0 aromatic heterocycles. The van der Waals surface area contributed by atoms with Crippen molar-refractivity contribution in [2.75, 3.05) is 20.1 Å². The van der Waals surface area contributed by atoms with Gasteiger partial charge in [0.05, 0.1) is 12.6 Å². The average Bonchev–Trinajstić information content (AvgIpc) is 2.16. The highest BCUT2D eigenvalue weighted by Gasteiger charge is 2.28. The molecule has 1 heterocycles. The largest absolute Gasteiger partial charge is 0.480 e. The number of hydrogen-bond acceptors (Lipinski definition) is 3. The van der Waals surface area contributed by atoms with Gasteiger partial charge >= 0.3 is 5.97 Å². The van der Waals surface area contributed by atoms with E-state index in [1.54, 1.807) is 11.9 Å². The van der Waals surface area contributed by atoms with Gasteiger partial charge in [0.2, 0.25) is 5.91 Å². The third-order valence-corrected chi connectivity index (χ3v) is 2.50. The molecular formula is C9H16N2O3. The molecule has 0 saturated carbocycles. The molecule has 0 aromatic rings. The van der Waals surface area contributed by atoms with Gasteiger partial charge in [-0.15, -0.1) is 0 Å². The Morgan fingerprint density at radius 1 is 1.50 bits per heavy atom. The highest BCUT2D eigenvalue weighted by Crippen LogP contribution is 2.16. The minimum Gasteiger partial charge on any atom is -0.480 e. The van der Waals surface area contributed by atoms with Crippen LogP contribution in [0, 0.1) is 0 Å². The van der Waals surface area contributed by atoms with Gasteiger partial charge in [-0.25, -0.2) is 0 Å². The molecule has 0 bridgehead atoms. The molecule has 1 atom stereocenters. The van der Waals surface area contributed by atoms with Crippen molar-refractivity contribution < 1.29 is 14.7 Å². The molecule has 2 N–H and O–H groups in total. The molecule has 1 aliphatic heterocycles. The Balaban J connectivity index is 2.58. The smallest absolute Gasteiger partial charge is 0.317 e. The minimum atomic E-state index is -0.874. The first-order valence-electron chi connectivity index (χ1n) is 4.82. The summed E-state index contributed by atoms with van der Waals surface area (Å²) in [4.78, 5) is 23.7. The molecule has 1 rings (SSSR count). The Hall–Kier alpha value is -1.10. The van der Waals surface area contributed by atoms with Crippen molar-refractivity contribution in [2.45, 2.75) is 25.3 Å². The van der Waals surface area contributed by atoms with Gasteiger partial charge in [-0.1, -0.05) is 6.42 Å². The van der Waals surface area contributed by atoms with Crippen molar-refractivity contribution in [3.8, 4) is 0 Å². The van der Waals surface area contributed by atoms with Crippen molar-refractivity contribution in [1.29, 1.82) is 0 Å². The molecule has 5 nitrogen and oxygen atoms in total. The molecule has 1 aliphatic rings. The Kier molecular flexibility index (Phi) is 3.88. The summed E-state index contributed by atoms with van der Waals surface area (Å²) in [6.45, 7) is 0.655. The number of nitrogens with one attached hydrogen (secondary N) is 1. The topological polar surface area (TPSA) is 69.6 Å². The van der Waals surface area contributed by atoms with Gasteiger partial charge in [0.15, 0.2) is 0 Å². The molecule has 1 fully saturated rings. The third kappa shape index (κ3) is 2.70. The third-order valence-electron chi connectivity index (χ3n) is 2.50. The number of aliphatic carboxylic acids is 1. The van der Waals surface area contributed by atoms with E-state index in [0.717, 1.165) is 19.3 Å². The van der Waals surface area contributed by atoms with E-state index in [1.807, 2.05) is 0 Å². The highest BCUT2D eigenvalue weighted by atomic mass is 16.4. The van der Waals surface area contributed by atoms with Crippen molar-refractivity contribution in [2.24, 2.45) is 0 Å². The van der Waals surface area contributed by atoms with Gasteiger partial charge in [-0.05, 0) is 19.4 Å². The Morgan fingerprint density at radius 2 is 2.21 bits per heavy atom. The molecule has 0 aliphatic carbocycles. The van der Waals surface area contributed by atoms with Crippen LogP contribution < -0.4 is 5.32 Å². The number of rotatable bonds is 3. The monoisotopic (exact) mass is 200 g/mol. The summed E-state index contributed by atoms with van der Waals surface area (Å²) in [7, 11) is 1.58. The van der Waals surface area contributed by atoms with Crippen molar-refractivity contribution in [3.63, 3.8) is 0 Å². The molecule has 1 unspecified atom stereocenters. The molecule has 0 aromatic carbocycles. The number of carboxylic acid groups (broad SMARTS) is 1. The summed E-state index contributed by atoms with van der Waals surface area (Å²) in [5, 5.41) is 11.2. The van der Waals surface area contributed by atoms with Crippen molar-refractivity contribution in [1.82, 2.24) is 10.2 Å². The minimum absolute atomic E-state index is 0.0436. The molecular weight excluding hydrogens is 184 g/mol. The summed E-state index contributed by atoms with van der Waals surface area (Å²) < 4.78 is 0. The van der Waals surface area contributed by atoms with Crippen LogP contribution in [0.25, 0.3) is 0 Å². The van der Waals surface area contributed by atoms with E-state index in [0.29, 0.717) is 6.54 Å².